The molecule has 2 rings (SSSR count). The first-order valence-corrected chi connectivity index (χ1v) is 10.3. The molecule has 0 aliphatic carbocycles. The van der Waals surface area contributed by atoms with Crippen molar-refractivity contribution in [1.82, 2.24) is 5.32 Å². The number of hydrogen-bond acceptors (Lipinski definition) is 3. The fourth-order valence-corrected chi connectivity index (χ4v) is 3.26. The van der Waals surface area contributed by atoms with E-state index >= 15 is 0 Å². The van der Waals surface area contributed by atoms with E-state index in [2.05, 4.69) is 31.3 Å². The molecule has 0 aliphatic rings. The van der Waals surface area contributed by atoms with Crippen molar-refractivity contribution in [1.29, 1.82) is 0 Å². The van der Waals surface area contributed by atoms with Crippen LogP contribution in [0.2, 0.25) is 0 Å². The summed E-state index contributed by atoms with van der Waals surface area (Å²) < 4.78 is 22.9. The molecule has 1 amide bonds. The minimum Gasteiger partial charge on any atom is -0.346 e. The zero-order valence-electron chi connectivity index (χ0n) is 15.1. The van der Waals surface area contributed by atoms with Crippen molar-refractivity contribution >= 4 is 15.7 Å². The van der Waals surface area contributed by atoms with Gasteiger partial charge in [0.05, 0.1) is 10.9 Å². The first-order valence-electron chi connectivity index (χ1n) is 8.36. The zero-order valence-corrected chi connectivity index (χ0v) is 15.9. The van der Waals surface area contributed by atoms with E-state index in [9.17, 15) is 13.2 Å². The van der Waals surface area contributed by atoms with Gasteiger partial charge in [0, 0.05) is 11.8 Å². The van der Waals surface area contributed by atoms with Gasteiger partial charge in [-0.25, -0.2) is 8.42 Å². The third-order valence-corrected chi connectivity index (χ3v) is 5.14. The van der Waals surface area contributed by atoms with E-state index in [1.54, 1.807) is 0 Å². The highest BCUT2D eigenvalue weighted by molar-refractivity contribution is 7.90. The van der Waals surface area contributed by atoms with E-state index in [0.29, 0.717) is 11.5 Å². The molecule has 0 saturated heterocycles. The summed E-state index contributed by atoms with van der Waals surface area (Å²) >= 11 is 0. The molecule has 0 fully saturated rings. The van der Waals surface area contributed by atoms with Gasteiger partial charge in [0.1, 0.15) is 0 Å². The van der Waals surface area contributed by atoms with Gasteiger partial charge >= 0.3 is 0 Å². The second-order valence-electron chi connectivity index (χ2n) is 6.83. The van der Waals surface area contributed by atoms with Gasteiger partial charge in [-0.3, -0.25) is 4.79 Å². The lowest BCUT2D eigenvalue weighted by Gasteiger charge is -2.15. The molecule has 0 radical (unpaired) electrons. The number of rotatable bonds is 6. The Morgan fingerprint density at radius 1 is 0.960 bits per heavy atom. The molecule has 134 valence electrons. The van der Waals surface area contributed by atoms with Crippen LogP contribution in [0.1, 0.15) is 48.3 Å². The Morgan fingerprint density at radius 3 is 2.00 bits per heavy atom. The summed E-state index contributed by atoms with van der Waals surface area (Å²) in [4.78, 5) is 12.5. The third kappa shape index (κ3) is 5.43. The number of nitrogens with one attached hydrogen (secondary N) is 1. The smallest absolute Gasteiger partial charge is 0.251 e. The average Bonchev–Trinajstić information content (AvgIpc) is 2.54. The van der Waals surface area contributed by atoms with Crippen LogP contribution in [0, 0.1) is 5.92 Å². The number of hydrogen-bond donors (Lipinski definition) is 1. The summed E-state index contributed by atoms with van der Waals surface area (Å²) in [6, 6.07) is 14.1. The Balaban J connectivity index is 2.04. The molecule has 0 bridgehead atoms. The summed E-state index contributed by atoms with van der Waals surface area (Å²) in [7, 11) is -3.26. The molecule has 0 aromatic heterocycles. The molecule has 0 aliphatic heterocycles. The number of benzene rings is 2. The average molecular weight is 359 g/mol. The fourth-order valence-electron chi connectivity index (χ4n) is 2.63. The molecular formula is C20H25NO3S. The van der Waals surface area contributed by atoms with Gasteiger partial charge in [0.15, 0.2) is 9.84 Å². The van der Waals surface area contributed by atoms with Crippen molar-refractivity contribution in [2.24, 2.45) is 5.92 Å². The first-order chi connectivity index (χ1) is 11.7. The Morgan fingerprint density at radius 2 is 1.52 bits per heavy atom. The number of carbonyl (C=O) groups is 1. The topological polar surface area (TPSA) is 63.2 Å². The maximum atomic E-state index is 12.3. The van der Waals surface area contributed by atoms with Crippen molar-refractivity contribution in [3.8, 4) is 0 Å². The van der Waals surface area contributed by atoms with E-state index in [1.807, 2.05) is 19.1 Å². The molecule has 4 nitrogen and oxygen atoms in total. The molecule has 0 saturated carbocycles. The van der Waals surface area contributed by atoms with Crippen LogP contribution < -0.4 is 5.32 Å². The molecule has 0 heterocycles. The molecule has 2 aromatic rings. The van der Waals surface area contributed by atoms with Gasteiger partial charge in [-0.05, 0) is 54.7 Å². The third-order valence-electron chi connectivity index (χ3n) is 4.02. The second-order valence-corrected chi connectivity index (χ2v) is 8.85. The van der Waals surface area contributed by atoms with Crippen LogP contribution >= 0.6 is 0 Å². The quantitative estimate of drug-likeness (QED) is 0.854. The molecule has 0 spiro atoms. The normalized spacial score (nSPS) is 12.8. The predicted molar refractivity (Wildman–Crippen MR) is 100 cm³/mol. The fraction of sp³-hybridized carbons (Fsp3) is 0.350. The highest BCUT2D eigenvalue weighted by atomic mass is 32.2. The van der Waals surface area contributed by atoms with Gasteiger partial charge in [-0.2, -0.15) is 0 Å². The Labute approximate surface area is 150 Å². The van der Waals surface area contributed by atoms with Gasteiger partial charge in [0.2, 0.25) is 0 Å². The molecule has 2 aromatic carbocycles. The monoisotopic (exact) mass is 359 g/mol. The molecule has 25 heavy (non-hydrogen) atoms. The standard InChI is InChI=1S/C20H25NO3S/c1-14(2)13-16-5-7-17(8-6-16)15(3)21-20(22)18-9-11-19(12-10-18)25(4,23)24/h5-12,14-15H,13H2,1-4H3,(H,21,22)/t15-/m0/s1. The number of sulfone groups is 1. The minimum absolute atomic E-state index is 0.129. The van der Waals surface area contributed by atoms with Crippen LogP contribution in [-0.4, -0.2) is 20.6 Å². The largest absolute Gasteiger partial charge is 0.346 e. The lowest BCUT2D eigenvalue weighted by Crippen LogP contribution is -2.26. The molecule has 1 N–H and O–H groups in total. The van der Waals surface area contributed by atoms with E-state index in [-0.39, 0.29) is 16.8 Å². The van der Waals surface area contributed by atoms with Crippen molar-refractivity contribution in [3.05, 3.63) is 65.2 Å². The lowest BCUT2D eigenvalue weighted by atomic mass is 10.00. The highest BCUT2D eigenvalue weighted by Gasteiger charge is 2.13. The molecule has 0 unspecified atom stereocenters. The van der Waals surface area contributed by atoms with Gasteiger partial charge < -0.3 is 5.32 Å². The SMILES string of the molecule is CC(C)Cc1ccc([C@H](C)NC(=O)c2ccc(S(C)(=O)=O)cc2)cc1. The molecule has 1 atom stereocenters. The summed E-state index contributed by atoms with van der Waals surface area (Å²) in [5, 5.41) is 2.94. The number of carbonyl (C=O) groups excluding carboxylic acids is 1. The predicted octanol–water partition coefficient (Wildman–Crippen LogP) is 3.78. The van der Waals surface area contributed by atoms with Crippen LogP contribution in [0.5, 0.6) is 0 Å². The summed E-state index contributed by atoms with van der Waals surface area (Å²) in [5.41, 5.74) is 2.76. The lowest BCUT2D eigenvalue weighted by molar-refractivity contribution is 0.0940. The Bertz CT molecular complexity index is 822. The van der Waals surface area contributed by atoms with Crippen molar-refractivity contribution in [2.45, 2.75) is 38.1 Å². The Kier molecular flexibility index (Phi) is 6.01. The summed E-state index contributed by atoms with van der Waals surface area (Å²) in [6.07, 6.45) is 2.18. The van der Waals surface area contributed by atoms with Crippen molar-refractivity contribution in [3.63, 3.8) is 0 Å². The maximum Gasteiger partial charge on any atom is 0.251 e. The van der Waals surface area contributed by atoms with Gasteiger partial charge in [-0.1, -0.05) is 38.1 Å². The van der Waals surface area contributed by atoms with E-state index < -0.39 is 9.84 Å². The number of amides is 1. The zero-order chi connectivity index (χ0) is 18.6. The van der Waals surface area contributed by atoms with Crippen LogP contribution in [0.15, 0.2) is 53.4 Å². The second kappa shape index (κ2) is 7.83. The van der Waals surface area contributed by atoms with Crippen molar-refractivity contribution in [2.75, 3.05) is 6.26 Å². The van der Waals surface area contributed by atoms with Crippen LogP contribution in [0.25, 0.3) is 0 Å². The summed E-state index contributed by atoms with van der Waals surface area (Å²) in [5.74, 6) is 0.386. The molecular weight excluding hydrogens is 334 g/mol. The first kappa shape index (κ1) is 19.2. The van der Waals surface area contributed by atoms with Crippen molar-refractivity contribution < 1.29 is 13.2 Å². The van der Waals surface area contributed by atoms with Gasteiger partial charge in [0.25, 0.3) is 5.91 Å². The van der Waals surface area contributed by atoms with Gasteiger partial charge in [-0.15, -0.1) is 0 Å². The van der Waals surface area contributed by atoms with E-state index in [1.165, 1.54) is 29.8 Å². The van der Waals surface area contributed by atoms with E-state index in [4.69, 9.17) is 0 Å². The van der Waals surface area contributed by atoms with E-state index in [0.717, 1.165) is 18.2 Å². The minimum atomic E-state index is -3.26. The van der Waals surface area contributed by atoms with Crippen LogP contribution in [-0.2, 0) is 16.3 Å². The van der Waals surface area contributed by atoms with Crippen LogP contribution in [0.4, 0.5) is 0 Å². The maximum absolute atomic E-state index is 12.3. The summed E-state index contributed by atoms with van der Waals surface area (Å²) in [6.45, 7) is 6.30. The molecule has 5 heteroatoms. The highest BCUT2D eigenvalue weighted by Crippen LogP contribution is 2.17. The van der Waals surface area contributed by atoms with Crippen LogP contribution in [0.3, 0.4) is 0 Å². The Hall–Kier alpha value is -2.14.